The van der Waals surface area contributed by atoms with Gasteiger partial charge in [-0.25, -0.2) is 0 Å². The van der Waals surface area contributed by atoms with E-state index in [0.29, 0.717) is 0 Å². The molecule has 0 aliphatic heterocycles. The minimum atomic E-state index is -1.06. The van der Waals surface area contributed by atoms with Gasteiger partial charge >= 0.3 is 0 Å². The average molecular weight is 223 g/mol. The Kier molecular flexibility index (Phi) is 2.13. The third-order valence-electron chi connectivity index (χ3n) is 3.35. The number of fused-ring (bicyclic) bond motifs is 3. The van der Waals surface area contributed by atoms with Crippen molar-refractivity contribution < 1.29 is 9.53 Å². The quantitative estimate of drug-likeness (QED) is 0.782. The summed E-state index contributed by atoms with van der Waals surface area (Å²) >= 11 is 0. The summed E-state index contributed by atoms with van der Waals surface area (Å²) in [6.07, 6.45) is 2.07. The van der Waals surface area contributed by atoms with Crippen molar-refractivity contribution in [2.45, 2.75) is 5.60 Å². The van der Waals surface area contributed by atoms with E-state index in [9.17, 15) is 4.79 Å². The van der Waals surface area contributed by atoms with Gasteiger partial charge in [0.1, 0.15) is 0 Å². The smallest absolute Gasteiger partial charge is 0.243 e. The summed E-state index contributed by atoms with van der Waals surface area (Å²) in [7, 11) is 1.55. The fraction of sp³-hybridized carbons (Fsp3) is 0.133. The molecule has 0 atom stereocenters. The van der Waals surface area contributed by atoms with Gasteiger partial charge in [0.15, 0.2) is 5.60 Å². The molecule has 0 heterocycles. The van der Waals surface area contributed by atoms with Crippen molar-refractivity contribution in [2.75, 3.05) is 7.11 Å². The van der Waals surface area contributed by atoms with Gasteiger partial charge in [-0.2, -0.15) is 0 Å². The zero-order valence-electron chi connectivity index (χ0n) is 9.44. The molecule has 1 radical (unpaired) electrons. The Balaban J connectivity index is 2.42. The highest BCUT2D eigenvalue weighted by Gasteiger charge is 2.44. The Morgan fingerprint density at radius 3 is 1.82 bits per heavy atom. The molecule has 0 saturated carbocycles. The normalized spacial score (nSPS) is 15.1. The van der Waals surface area contributed by atoms with Crippen LogP contribution in [-0.4, -0.2) is 13.4 Å². The highest BCUT2D eigenvalue weighted by atomic mass is 16.5. The highest BCUT2D eigenvalue weighted by Crippen LogP contribution is 2.47. The zero-order valence-corrected chi connectivity index (χ0v) is 9.44. The van der Waals surface area contributed by atoms with Crippen LogP contribution in [0.2, 0.25) is 0 Å². The van der Waals surface area contributed by atoms with Crippen LogP contribution in [0.3, 0.4) is 0 Å². The summed E-state index contributed by atoms with van der Waals surface area (Å²) in [6, 6.07) is 15.6. The van der Waals surface area contributed by atoms with Crippen molar-refractivity contribution in [2.24, 2.45) is 0 Å². The molecule has 0 N–H and O–H groups in total. The van der Waals surface area contributed by atoms with E-state index in [2.05, 4.69) is 6.29 Å². The Bertz CT molecular complexity index is 541. The number of carbonyl (C=O) groups excluding carboxylic acids is 1. The Labute approximate surface area is 99.9 Å². The minimum absolute atomic E-state index is 0.874. The maximum Gasteiger partial charge on any atom is 0.243 e. The number of benzene rings is 2. The van der Waals surface area contributed by atoms with Crippen LogP contribution in [-0.2, 0) is 15.1 Å². The van der Waals surface area contributed by atoms with Gasteiger partial charge < -0.3 is 4.74 Å². The minimum Gasteiger partial charge on any atom is -0.360 e. The van der Waals surface area contributed by atoms with Crippen LogP contribution in [0.1, 0.15) is 11.1 Å². The van der Waals surface area contributed by atoms with Crippen LogP contribution in [0.5, 0.6) is 0 Å². The first kappa shape index (κ1) is 10.2. The van der Waals surface area contributed by atoms with E-state index in [1.54, 1.807) is 7.11 Å². The summed E-state index contributed by atoms with van der Waals surface area (Å²) in [5.74, 6) is 0. The van der Waals surface area contributed by atoms with E-state index in [0.717, 1.165) is 22.3 Å². The fourth-order valence-corrected chi connectivity index (χ4v) is 2.57. The largest absolute Gasteiger partial charge is 0.360 e. The van der Waals surface area contributed by atoms with Gasteiger partial charge in [-0.05, 0) is 11.1 Å². The fourth-order valence-electron chi connectivity index (χ4n) is 2.57. The maximum atomic E-state index is 11.4. The Morgan fingerprint density at radius 2 is 1.41 bits per heavy atom. The van der Waals surface area contributed by atoms with Crippen molar-refractivity contribution in [1.82, 2.24) is 0 Å². The van der Waals surface area contributed by atoms with Crippen LogP contribution < -0.4 is 0 Å². The predicted octanol–water partition coefficient (Wildman–Crippen LogP) is 2.67. The van der Waals surface area contributed by atoms with Gasteiger partial charge in [-0.15, -0.1) is 0 Å². The van der Waals surface area contributed by atoms with Crippen LogP contribution in [0.15, 0.2) is 48.5 Å². The first-order valence-electron chi connectivity index (χ1n) is 5.47. The molecule has 3 rings (SSSR count). The molecule has 83 valence electrons. The van der Waals surface area contributed by atoms with E-state index in [-0.39, 0.29) is 0 Å². The molecule has 2 nitrogen and oxygen atoms in total. The van der Waals surface area contributed by atoms with E-state index in [1.807, 2.05) is 48.5 Å². The van der Waals surface area contributed by atoms with Crippen molar-refractivity contribution in [3.05, 3.63) is 59.7 Å². The first-order valence-corrected chi connectivity index (χ1v) is 5.47. The monoisotopic (exact) mass is 223 g/mol. The van der Waals surface area contributed by atoms with Crippen LogP contribution in [0, 0.1) is 0 Å². The SMILES string of the molecule is COC1([C]=O)c2ccccc2-c2ccccc21. The van der Waals surface area contributed by atoms with Gasteiger partial charge in [0, 0.05) is 18.2 Å². The number of rotatable bonds is 2. The molecule has 1 aliphatic carbocycles. The molecule has 17 heavy (non-hydrogen) atoms. The molecule has 0 saturated heterocycles. The first-order chi connectivity index (χ1) is 8.33. The Morgan fingerprint density at radius 1 is 0.941 bits per heavy atom. The molecule has 0 fully saturated rings. The molecule has 0 amide bonds. The van der Waals surface area contributed by atoms with Crippen molar-refractivity contribution >= 4 is 6.29 Å². The van der Waals surface area contributed by atoms with Crippen LogP contribution >= 0.6 is 0 Å². The van der Waals surface area contributed by atoms with Gasteiger partial charge in [0.2, 0.25) is 6.29 Å². The van der Waals surface area contributed by atoms with Gasteiger partial charge in [-0.3, -0.25) is 4.79 Å². The zero-order chi connectivity index (χ0) is 11.9. The molecule has 1 aliphatic rings. The molecule has 2 aromatic rings. The molecular formula is C15H11O2. The molecule has 0 bridgehead atoms. The summed E-state index contributed by atoms with van der Waals surface area (Å²) in [5.41, 5.74) is 2.78. The molecule has 2 aromatic carbocycles. The van der Waals surface area contributed by atoms with Gasteiger partial charge in [0.25, 0.3) is 0 Å². The Hall–Kier alpha value is -1.93. The lowest BCUT2D eigenvalue weighted by atomic mass is 9.93. The number of ether oxygens (including phenoxy) is 1. The summed E-state index contributed by atoms with van der Waals surface area (Å²) in [4.78, 5) is 11.4. The number of hydrogen-bond acceptors (Lipinski definition) is 2. The third-order valence-corrected chi connectivity index (χ3v) is 3.35. The topological polar surface area (TPSA) is 26.3 Å². The van der Waals surface area contributed by atoms with Crippen molar-refractivity contribution in [1.29, 1.82) is 0 Å². The van der Waals surface area contributed by atoms with Crippen molar-refractivity contribution in [3.63, 3.8) is 0 Å². The summed E-state index contributed by atoms with van der Waals surface area (Å²) < 4.78 is 5.48. The van der Waals surface area contributed by atoms with Gasteiger partial charge in [-0.1, -0.05) is 48.5 Å². The molecule has 0 unspecified atom stereocenters. The second-order valence-electron chi connectivity index (χ2n) is 4.08. The van der Waals surface area contributed by atoms with Crippen molar-refractivity contribution in [3.8, 4) is 11.1 Å². The number of hydrogen-bond donors (Lipinski definition) is 0. The lowest BCUT2D eigenvalue weighted by Crippen LogP contribution is -2.29. The molecule has 0 aromatic heterocycles. The van der Waals surface area contributed by atoms with Gasteiger partial charge in [0.05, 0.1) is 0 Å². The molecular weight excluding hydrogens is 212 g/mol. The lowest BCUT2D eigenvalue weighted by molar-refractivity contribution is 0.0841. The third kappa shape index (κ3) is 1.16. The average Bonchev–Trinajstić information content (AvgIpc) is 2.70. The molecule has 2 heteroatoms. The van der Waals surface area contributed by atoms with E-state index in [1.165, 1.54) is 0 Å². The van der Waals surface area contributed by atoms with E-state index < -0.39 is 5.60 Å². The van der Waals surface area contributed by atoms with Crippen LogP contribution in [0.25, 0.3) is 11.1 Å². The predicted molar refractivity (Wildman–Crippen MR) is 65.4 cm³/mol. The summed E-state index contributed by atoms with van der Waals surface area (Å²) in [5, 5.41) is 0. The number of methoxy groups -OCH3 is 1. The maximum absolute atomic E-state index is 11.4. The van der Waals surface area contributed by atoms with Crippen LogP contribution in [0.4, 0.5) is 0 Å². The van der Waals surface area contributed by atoms with E-state index in [4.69, 9.17) is 4.74 Å². The second-order valence-corrected chi connectivity index (χ2v) is 4.08. The molecule has 0 spiro atoms. The highest BCUT2D eigenvalue weighted by molar-refractivity contribution is 5.90. The lowest BCUT2D eigenvalue weighted by Gasteiger charge is -2.22. The second kappa shape index (κ2) is 3.54. The standard InChI is InChI=1S/C15H11O2/c1-17-15(10-16)13-8-4-2-6-11(13)12-7-3-5-9-14(12)15/h2-9H,1H3. The van der Waals surface area contributed by atoms with E-state index >= 15 is 0 Å². The summed E-state index contributed by atoms with van der Waals surface area (Å²) in [6.45, 7) is 0.